The molecular formula is C24H33N5O2. The van der Waals surface area contributed by atoms with Crippen molar-refractivity contribution in [2.75, 3.05) is 26.7 Å². The molecule has 7 heteroatoms. The van der Waals surface area contributed by atoms with Crippen LogP contribution < -0.4 is 16.2 Å². The maximum atomic E-state index is 11.9. The molecule has 7 nitrogen and oxygen atoms in total. The number of nitrogens with one attached hydrogen (secondary N) is 2. The highest BCUT2D eigenvalue weighted by Crippen LogP contribution is 2.20. The fourth-order valence-corrected chi connectivity index (χ4v) is 3.84. The van der Waals surface area contributed by atoms with Gasteiger partial charge < -0.3 is 20.1 Å². The predicted molar refractivity (Wildman–Crippen MR) is 124 cm³/mol. The molecule has 0 aliphatic carbocycles. The van der Waals surface area contributed by atoms with Crippen LogP contribution >= 0.6 is 0 Å². The highest BCUT2D eigenvalue weighted by Gasteiger charge is 2.23. The van der Waals surface area contributed by atoms with Crippen LogP contribution in [0.15, 0.2) is 58.4 Å². The van der Waals surface area contributed by atoms with Gasteiger partial charge in [-0.3, -0.25) is 9.59 Å². The lowest BCUT2D eigenvalue weighted by molar-refractivity contribution is -0.121. The second kappa shape index (κ2) is 11.3. The van der Waals surface area contributed by atoms with Crippen LogP contribution in [0.3, 0.4) is 0 Å². The summed E-state index contributed by atoms with van der Waals surface area (Å²) >= 11 is 0. The van der Waals surface area contributed by atoms with Gasteiger partial charge in [0.25, 0.3) is 5.56 Å². The maximum absolute atomic E-state index is 11.9. The summed E-state index contributed by atoms with van der Waals surface area (Å²) in [5.41, 5.74) is 2.23. The van der Waals surface area contributed by atoms with Gasteiger partial charge in [-0.05, 0) is 42.9 Å². The normalized spacial score (nSPS) is 15.0. The summed E-state index contributed by atoms with van der Waals surface area (Å²) in [6, 6.07) is 13.5. The molecule has 0 radical (unpaired) electrons. The van der Waals surface area contributed by atoms with Crippen molar-refractivity contribution in [3.63, 3.8) is 0 Å². The lowest BCUT2D eigenvalue weighted by Gasteiger charge is -2.34. The molecule has 0 spiro atoms. The molecule has 2 N–H and O–H groups in total. The molecule has 0 unspecified atom stereocenters. The lowest BCUT2D eigenvalue weighted by Crippen LogP contribution is -2.46. The van der Waals surface area contributed by atoms with Gasteiger partial charge in [-0.25, -0.2) is 4.99 Å². The van der Waals surface area contributed by atoms with E-state index < -0.39 is 0 Å². The van der Waals surface area contributed by atoms with E-state index in [2.05, 4.69) is 46.7 Å². The molecular weight excluding hydrogens is 390 g/mol. The third-order valence-corrected chi connectivity index (χ3v) is 5.69. The van der Waals surface area contributed by atoms with E-state index in [0.29, 0.717) is 25.4 Å². The Hall–Kier alpha value is -3.09. The Morgan fingerprint density at radius 1 is 1.10 bits per heavy atom. The van der Waals surface area contributed by atoms with Crippen LogP contribution in [0.5, 0.6) is 0 Å². The Morgan fingerprint density at radius 2 is 1.81 bits per heavy atom. The van der Waals surface area contributed by atoms with Crippen molar-refractivity contribution in [2.24, 2.45) is 10.9 Å². The summed E-state index contributed by atoms with van der Waals surface area (Å²) in [5, 5.41) is 6.12. The Kier molecular flexibility index (Phi) is 8.27. The van der Waals surface area contributed by atoms with Crippen LogP contribution in [-0.4, -0.2) is 48.0 Å². The lowest BCUT2D eigenvalue weighted by atomic mass is 9.93. The fourth-order valence-electron chi connectivity index (χ4n) is 3.84. The topological polar surface area (TPSA) is 78.7 Å². The highest BCUT2D eigenvalue weighted by molar-refractivity contribution is 5.80. The molecule has 1 aromatic heterocycles. The van der Waals surface area contributed by atoms with E-state index in [1.807, 2.05) is 6.07 Å². The number of piperidine rings is 1. The zero-order valence-electron chi connectivity index (χ0n) is 18.5. The van der Waals surface area contributed by atoms with Gasteiger partial charge in [0.1, 0.15) is 0 Å². The third kappa shape index (κ3) is 6.70. The van der Waals surface area contributed by atoms with Crippen molar-refractivity contribution in [3.8, 4) is 0 Å². The Labute approximate surface area is 184 Å². The van der Waals surface area contributed by atoms with Crippen molar-refractivity contribution in [2.45, 2.75) is 39.3 Å². The highest BCUT2D eigenvalue weighted by atomic mass is 16.1. The Balaban J connectivity index is 1.57. The van der Waals surface area contributed by atoms with Crippen molar-refractivity contribution in [1.29, 1.82) is 0 Å². The Bertz CT molecular complexity index is 927. The number of benzene rings is 1. The summed E-state index contributed by atoms with van der Waals surface area (Å²) in [4.78, 5) is 30.6. The summed E-state index contributed by atoms with van der Waals surface area (Å²) in [6.45, 7) is 5.90. The van der Waals surface area contributed by atoms with Gasteiger partial charge in [-0.1, -0.05) is 30.3 Å². The molecule has 1 aromatic carbocycles. The first-order valence-electron chi connectivity index (χ1n) is 11.1. The molecule has 1 amide bonds. The number of nitrogens with zero attached hydrogens (tertiary/aromatic N) is 3. The minimum absolute atomic E-state index is 0.00514. The second-order valence-corrected chi connectivity index (χ2v) is 7.96. The minimum Gasteiger partial charge on any atom is -0.359 e. The number of rotatable bonds is 7. The average molecular weight is 424 g/mol. The van der Waals surface area contributed by atoms with Crippen molar-refractivity contribution >= 4 is 11.9 Å². The molecule has 1 saturated heterocycles. The van der Waals surface area contributed by atoms with Gasteiger partial charge in [0.05, 0.1) is 13.1 Å². The van der Waals surface area contributed by atoms with E-state index in [1.54, 1.807) is 29.9 Å². The van der Waals surface area contributed by atoms with Gasteiger partial charge in [0, 0.05) is 45.4 Å². The number of hydrogen-bond acceptors (Lipinski definition) is 3. The van der Waals surface area contributed by atoms with E-state index in [1.165, 1.54) is 0 Å². The SMILES string of the molecule is CCNC(=NCc1ccc(Cn2ccccc2=O)cc1)N1CCC(CC(=O)NC)CC1. The van der Waals surface area contributed by atoms with Crippen molar-refractivity contribution in [1.82, 2.24) is 20.1 Å². The second-order valence-electron chi connectivity index (χ2n) is 7.96. The van der Waals surface area contributed by atoms with E-state index in [4.69, 9.17) is 4.99 Å². The monoisotopic (exact) mass is 423 g/mol. The summed E-state index contributed by atoms with van der Waals surface area (Å²) in [6.07, 6.45) is 4.43. The fraction of sp³-hybridized carbons (Fsp3) is 0.458. The number of likely N-dealkylation sites (tertiary alicyclic amines) is 1. The van der Waals surface area contributed by atoms with Crippen molar-refractivity contribution in [3.05, 3.63) is 70.1 Å². The van der Waals surface area contributed by atoms with Crippen LogP contribution in [0, 0.1) is 5.92 Å². The van der Waals surface area contributed by atoms with Gasteiger partial charge in [0.15, 0.2) is 5.96 Å². The van der Waals surface area contributed by atoms with E-state index >= 15 is 0 Å². The first kappa shape index (κ1) is 22.6. The van der Waals surface area contributed by atoms with Crippen molar-refractivity contribution < 1.29 is 4.79 Å². The number of hydrogen-bond donors (Lipinski definition) is 2. The first-order valence-corrected chi connectivity index (χ1v) is 11.1. The molecule has 1 fully saturated rings. The standard InChI is InChI=1S/C24H33N5O2/c1-3-26-24(28-14-11-19(12-15-28)16-22(30)25-2)27-17-20-7-9-21(10-8-20)18-29-13-5-4-6-23(29)31/h4-10,13,19H,3,11-12,14-18H2,1-2H3,(H,25,30)(H,26,27). The number of aromatic nitrogens is 1. The zero-order valence-corrected chi connectivity index (χ0v) is 18.5. The third-order valence-electron chi connectivity index (χ3n) is 5.69. The average Bonchev–Trinajstić information content (AvgIpc) is 2.79. The van der Waals surface area contributed by atoms with Crippen LogP contribution in [0.1, 0.15) is 37.3 Å². The van der Waals surface area contributed by atoms with Gasteiger partial charge in [-0.15, -0.1) is 0 Å². The van der Waals surface area contributed by atoms with E-state index in [0.717, 1.165) is 49.6 Å². The molecule has 2 aromatic rings. The summed E-state index contributed by atoms with van der Waals surface area (Å²) in [5.74, 6) is 1.50. The largest absolute Gasteiger partial charge is 0.359 e. The first-order chi connectivity index (χ1) is 15.1. The number of carbonyl (C=O) groups is 1. The molecule has 0 saturated carbocycles. The number of pyridine rings is 1. The smallest absolute Gasteiger partial charge is 0.250 e. The van der Waals surface area contributed by atoms with Gasteiger partial charge in [-0.2, -0.15) is 0 Å². The minimum atomic E-state index is 0.00514. The van der Waals surface area contributed by atoms with Gasteiger partial charge in [0.2, 0.25) is 5.91 Å². The van der Waals surface area contributed by atoms with Crippen LogP contribution in [0.2, 0.25) is 0 Å². The molecule has 1 aliphatic heterocycles. The molecule has 3 rings (SSSR count). The quantitative estimate of drug-likeness (QED) is 0.529. The molecule has 0 atom stereocenters. The maximum Gasteiger partial charge on any atom is 0.250 e. The number of guanidine groups is 1. The van der Waals surface area contributed by atoms with E-state index in [-0.39, 0.29) is 11.5 Å². The van der Waals surface area contributed by atoms with Crippen LogP contribution in [-0.2, 0) is 17.9 Å². The van der Waals surface area contributed by atoms with Gasteiger partial charge >= 0.3 is 0 Å². The molecule has 2 heterocycles. The Morgan fingerprint density at radius 3 is 2.45 bits per heavy atom. The molecule has 166 valence electrons. The molecule has 0 bridgehead atoms. The number of carbonyl (C=O) groups excluding carboxylic acids is 1. The van der Waals surface area contributed by atoms with E-state index in [9.17, 15) is 9.59 Å². The summed E-state index contributed by atoms with van der Waals surface area (Å²) in [7, 11) is 1.70. The predicted octanol–water partition coefficient (Wildman–Crippen LogP) is 2.21. The van der Waals surface area contributed by atoms with Crippen LogP contribution in [0.4, 0.5) is 0 Å². The zero-order chi connectivity index (χ0) is 22.1. The van der Waals surface area contributed by atoms with Crippen LogP contribution in [0.25, 0.3) is 0 Å². The molecule has 1 aliphatic rings. The summed E-state index contributed by atoms with van der Waals surface area (Å²) < 4.78 is 1.70. The number of aliphatic imine (C=N–C) groups is 1. The number of amides is 1. The molecule has 31 heavy (non-hydrogen) atoms.